The lowest BCUT2D eigenvalue weighted by atomic mass is 9.94. The zero-order valence-corrected chi connectivity index (χ0v) is 13.4. The van der Waals surface area contributed by atoms with Gasteiger partial charge >= 0.3 is 0 Å². The predicted molar refractivity (Wildman–Crippen MR) is 86.7 cm³/mol. The smallest absolute Gasteiger partial charge is 0.201 e. The van der Waals surface area contributed by atoms with E-state index in [1.807, 2.05) is 6.07 Å². The van der Waals surface area contributed by atoms with E-state index < -0.39 is 0 Å². The third-order valence-corrected chi connectivity index (χ3v) is 4.83. The summed E-state index contributed by atoms with van der Waals surface area (Å²) in [5, 5.41) is 0. The van der Waals surface area contributed by atoms with E-state index in [4.69, 9.17) is 5.73 Å². The van der Waals surface area contributed by atoms with Crippen LogP contribution in [0, 0.1) is 5.92 Å². The van der Waals surface area contributed by atoms with E-state index in [0.717, 1.165) is 28.0 Å². The van der Waals surface area contributed by atoms with Crippen LogP contribution in [0.5, 0.6) is 0 Å². The molecule has 1 fully saturated rings. The number of imidazole rings is 1. The number of anilines is 1. The molecular formula is C15H21BrN4. The molecule has 1 saturated heterocycles. The summed E-state index contributed by atoms with van der Waals surface area (Å²) in [6.45, 7) is 3.41. The van der Waals surface area contributed by atoms with Gasteiger partial charge < -0.3 is 15.2 Å². The minimum absolute atomic E-state index is 0.631. The van der Waals surface area contributed by atoms with Crippen LogP contribution in [-0.2, 0) is 6.54 Å². The maximum Gasteiger partial charge on any atom is 0.201 e. The van der Waals surface area contributed by atoms with Gasteiger partial charge in [-0.05, 0) is 63.5 Å². The van der Waals surface area contributed by atoms with Crippen molar-refractivity contribution in [3.05, 3.63) is 22.7 Å². The second kappa shape index (κ2) is 5.74. The van der Waals surface area contributed by atoms with Crippen LogP contribution in [-0.4, -0.2) is 34.6 Å². The van der Waals surface area contributed by atoms with E-state index in [9.17, 15) is 0 Å². The van der Waals surface area contributed by atoms with E-state index in [0.29, 0.717) is 5.95 Å². The second-order valence-electron chi connectivity index (χ2n) is 5.79. The highest BCUT2D eigenvalue weighted by molar-refractivity contribution is 9.10. The Bertz CT molecular complexity index is 599. The third kappa shape index (κ3) is 2.83. The predicted octanol–water partition coefficient (Wildman–Crippen LogP) is 3.11. The lowest BCUT2D eigenvalue weighted by Gasteiger charge is -2.29. The summed E-state index contributed by atoms with van der Waals surface area (Å²) in [6.07, 6.45) is 3.79. The first kappa shape index (κ1) is 13.9. The molecule has 1 aliphatic heterocycles. The van der Waals surface area contributed by atoms with Crippen molar-refractivity contribution in [2.24, 2.45) is 5.92 Å². The van der Waals surface area contributed by atoms with Crippen LogP contribution >= 0.6 is 15.9 Å². The molecule has 0 aliphatic carbocycles. The van der Waals surface area contributed by atoms with Crippen LogP contribution in [0.2, 0.25) is 0 Å². The van der Waals surface area contributed by atoms with Crippen LogP contribution in [0.25, 0.3) is 11.0 Å². The van der Waals surface area contributed by atoms with Gasteiger partial charge in [-0.25, -0.2) is 4.98 Å². The number of likely N-dealkylation sites (tertiary alicyclic amines) is 1. The molecule has 0 radical (unpaired) electrons. The Morgan fingerprint density at radius 2 is 2.10 bits per heavy atom. The number of rotatable bonds is 3. The van der Waals surface area contributed by atoms with Gasteiger partial charge in [-0.2, -0.15) is 0 Å². The molecule has 4 nitrogen and oxygen atoms in total. The van der Waals surface area contributed by atoms with Crippen molar-refractivity contribution in [3.63, 3.8) is 0 Å². The third-order valence-electron chi connectivity index (χ3n) is 4.34. The summed E-state index contributed by atoms with van der Waals surface area (Å²) in [4.78, 5) is 6.86. The maximum absolute atomic E-state index is 6.07. The first-order chi connectivity index (χ1) is 9.63. The number of halogens is 1. The molecule has 2 aromatic rings. The molecule has 3 rings (SSSR count). The average Bonchev–Trinajstić information content (AvgIpc) is 2.73. The summed E-state index contributed by atoms with van der Waals surface area (Å²) in [5.74, 6) is 1.45. The molecule has 108 valence electrons. The highest BCUT2D eigenvalue weighted by atomic mass is 79.9. The number of hydrogen-bond donors (Lipinski definition) is 1. The van der Waals surface area contributed by atoms with Crippen LogP contribution in [0.1, 0.15) is 19.3 Å². The molecular weight excluding hydrogens is 316 g/mol. The number of piperidine rings is 1. The first-order valence-electron chi connectivity index (χ1n) is 7.23. The maximum atomic E-state index is 6.07. The Hall–Kier alpha value is -1.07. The zero-order chi connectivity index (χ0) is 14.1. The number of aromatic nitrogens is 2. The fraction of sp³-hybridized carbons (Fsp3) is 0.533. The van der Waals surface area contributed by atoms with E-state index in [-0.39, 0.29) is 0 Å². The number of benzene rings is 1. The first-order valence-corrected chi connectivity index (χ1v) is 8.02. The Kier molecular flexibility index (Phi) is 3.98. The lowest BCUT2D eigenvalue weighted by molar-refractivity contribution is 0.208. The van der Waals surface area contributed by atoms with Crippen molar-refractivity contribution in [2.45, 2.75) is 25.8 Å². The number of aryl methyl sites for hydroxylation is 1. The number of nitrogen functional groups attached to an aromatic ring is 1. The number of nitrogens with two attached hydrogens (primary N) is 1. The van der Waals surface area contributed by atoms with Gasteiger partial charge in [0.05, 0.1) is 11.0 Å². The monoisotopic (exact) mass is 336 g/mol. The van der Waals surface area contributed by atoms with Gasteiger partial charge in [-0.15, -0.1) is 0 Å². The van der Waals surface area contributed by atoms with Crippen molar-refractivity contribution in [1.29, 1.82) is 0 Å². The number of fused-ring (bicyclic) bond motifs is 1. The largest absolute Gasteiger partial charge is 0.369 e. The van der Waals surface area contributed by atoms with Gasteiger partial charge in [0.25, 0.3) is 0 Å². The van der Waals surface area contributed by atoms with Gasteiger partial charge in [-0.3, -0.25) is 0 Å². The molecule has 0 atom stereocenters. The molecule has 0 spiro atoms. The van der Waals surface area contributed by atoms with Crippen molar-refractivity contribution in [3.8, 4) is 0 Å². The van der Waals surface area contributed by atoms with Gasteiger partial charge in [0.2, 0.25) is 5.95 Å². The van der Waals surface area contributed by atoms with Crippen molar-refractivity contribution >= 4 is 32.9 Å². The lowest BCUT2D eigenvalue weighted by Crippen LogP contribution is -2.30. The molecule has 1 aliphatic rings. The summed E-state index contributed by atoms with van der Waals surface area (Å²) >= 11 is 3.48. The van der Waals surface area contributed by atoms with E-state index in [1.165, 1.54) is 32.4 Å². The van der Waals surface area contributed by atoms with E-state index in [1.54, 1.807) is 0 Å². The topological polar surface area (TPSA) is 47.1 Å². The fourth-order valence-corrected chi connectivity index (χ4v) is 3.37. The molecule has 20 heavy (non-hydrogen) atoms. The van der Waals surface area contributed by atoms with Gasteiger partial charge in [-0.1, -0.05) is 15.9 Å². The van der Waals surface area contributed by atoms with Gasteiger partial charge in [0, 0.05) is 11.0 Å². The summed E-state index contributed by atoms with van der Waals surface area (Å²) in [7, 11) is 2.20. The molecule has 1 aromatic heterocycles. The average molecular weight is 337 g/mol. The van der Waals surface area contributed by atoms with Crippen LogP contribution in [0.15, 0.2) is 22.7 Å². The van der Waals surface area contributed by atoms with Gasteiger partial charge in [0.15, 0.2) is 0 Å². The van der Waals surface area contributed by atoms with E-state index >= 15 is 0 Å². The SMILES string of the molecule is CN1CCC(CCn2c(N)nc3cc(Br)ccc32)CC1. The fourth-order valence-electron chi connectivity index (χ4n) is 3.02. The quantitative estimate of drug-likeness (QED) is 0.936. The minimum atomic E-state index is 0.631. The highest BCUT2D eigenvalue weighted by Gasteiger charge is 2.17. The Labute approximate surface area is 128 Å². The zero-order valence-electron chi connectivity index (χ0n) is 11.8. The van der Waals surface area contributed by atoms with Crippen molar-refractivity contribution < 1.29 is 0 Å². The molecule has 1 aromatic carbocycles. The Balaban J connectivity index is 1.72. The van der Waals surface area contributed by atoms with Crippen LogP contribution in [0.3, 0.4) is 0 Å². The highest BCUT2D eigenvalue weighted by Crippen LogP contribution is 2.25. The normalized spacial score (nSPS) is 17.9. The summed E-state index contributed by atoms with van der Waals surface area (Å²) in [5.41, 5.74) is 8.18. The van der Waals surface area contributed by atoms with Gasteiger partial charge in [0.1, 0.15) is 0 Å². The van der Waals surface area contributed by atoms with Crippen LogP contribution in [0.4, 0.5) is 5.95 Å². The van der Waals surface area contributed by atoms with E-state index in [2.05, 4.69) is 49.6 Å². The number of nitrogens with zero attached hydrogens (tertiary/aromatic N) is 3. The molecule has 2 N–H and O–H groups in total. The second-order valence-corrected chi connectivity index (χ2v) is 6.71. The standard InChI is InChI=1S/C15H21BrN4/c1-19-7-4-11(5-8-19)6-9-20-14-3-2-12(16)10-13(14)18-15(20)17/h2-3,10-11H,4-9H2,1H3,(H2,17,18). The summed E-state index contributed by atoms with van der Waals surface area (Å²) in [6, 6.07) is 6.17. The Morgan fingerprint density at radius 3 is 2.85 bits per heavy atom. The molecule has 0 bridgehead atoms. The molecule has 0 unspecified atom stereocenters. The van der Waals surface area contributed by atoms with Crippen molar-refractivity contribution in [1.82, 2.24) is 14.5 Å². The minimum Gasteiger partial charge on any atom is -0.369 e. The van der Waals surface area contributed by atoms with Crippen molar-refractivity contribution in [2.75, 3.05) is 25.9 Å². The van der Waals surface area contributed by atoms with Crippen LogP contribution < -0.4 is 5.73 Å². The molecule has 0 saturated carbocycles. The molecule has 2 heterocycles. The molecule has 5 heteroatoms. The number of hydrogen-bond acceptors (Lipinski definition) is 3. The Morgan fingerprint density at radius 1 is 1.35 bits per heavy atom. The summed E-state index contributed by atoms with van der Waals surface area (Å²) < 4.78 is 3.20. The molecule has 0 amide bonds.